The van der Waals surface area contributed by atoms with Gasteiger partial charge < -0.3 is 4.42 Å². The second-order valence-corrected chi connectivity index (χ2v) is 6.19. The predicted octanol–water partition coefficient (Wildman–Crippen LogP) is 3.02. The van der Waals surface area contributed by atoms with Crippen LogP contribution in [0.5, 0.6) is 0 Å². The Morgan fingerprint density at radius 2 is 2.00 bits per heavy atom. The molecule has 1 aliphatic carbocycles. The number of barbiturate groups is 1. The molecular weight excluding hydrogens is 308 g/mol. The summed E-state index contributed by atoms with van der Waals surface area (Å²) in [5.74, 6) is -0.527. The number of urea groups is 1. The van der Waals surface area contributed by atoms with Crippen LogP contribution in [0.25, 0.3) is 6.08 Å². The van der Waals surface area contributed by atoms with Gasteiger partial charge in [-0.05, 0) is 49.6 Å². The summed E-state index contributed by atoms with van der Waals surface area (Å²) in [7, 11) is 0. The number of hydrogen-bond donors (Lipinski definition) is 1. The highest BCUT2D eigenvalue weighted by Gasteiger charge is 2.40. The molecule has 6 nitrogen and oxygen atoms in total. The van der Waals surface area contributed by atoms with E-state index < -0.39 is 17.8 Å². The molecule has 0 atom stereocenters. The van der Waals surface area contributed by atoms with Gasteiger partial charge in [0.15, 0.2) is 0 Å². The maximum Gasteiger partial charge on any atom is 0.331 e. The zero-order valence-corrected chi connectivity index (χ0v) is 13.6. The highest BCUT2D eigenvalue weighted by molar-refractivity contribution is 6.29. The SMILES string of the molecule is CC(=Cc1ccco1)C=C1C(=O)NC(=O)N(C2CCCCC2)C1=O. The second kappa shape index (κ2) is 6.86. The first-order valence-corrected chi connectivity index (χ1v) is 8.18. The quantitative estimate of drug-likeness (QED) is 0.683. The molecule has 0 unspecified atom stereocenters. The van der Waals surface area contributed by atoms with Gasteiger partial charge in [0.25, 0.3) is 11.8 Å². The summed E-state index contributed by atoms with van der Waals surface area (Å²) in [6.07, 6.45) is 9.47. The van der Waals surface area contributed by atoms with Crippen molar-refractivity contribution in [1.29, 1.82) is 0 Å². The largest absolute Gasteiger partial charge is 0.465 e. The van der Waals surface area contributed by atoms with Crippen LogP contribution in [0.3, 0.4) is 0 Å². The number of furan rings is 1. The minimum atomic E-state index is -0.649. The van der Waals surface area contributed by atoms with E-state index in [1.54, 1.807) is 31.4 Å². The maximum absolute atomic E-state index is 12.7. The van der Waals surface area contributed by atoms with Gasteiger partial charge in [-0.2, -0.15) is 0 Å². The normalized spacial score (nSPS) is 22.2. The molecule has 6 heteroatoms. The van der Waals surface area contributed by atoms with Crippen LogP contribution < -0.4 is 5.32 Å². The second-order valence-electron chi connectivity index (χ2n) is 6.19. The van der Waals surface area contributed by atoms with Crippen LogP contribution in [0, 0.1) is 0 Å². The van der Waals surface area contributed by atoms with Crippen LogP contribution in [0.15, 0.2) is 40.0 Å². The van der Waals surface area contributed by atoms with Crippen molar-refractivity contribution in [3.05, 3.63) is 41.4 Å². The van der Waals surface area contributed by atoms with Crippen LogP contribution in [0.1, 0.15) is 44.8 Å². The number of nitrogens with zero attached hydrogens (tertiary/aromatic N) is 1. The summed E-state index contributed by atoms with van der Waals surface area (Å²) < 4.78 is 5.22. The smallest absolute Gasteiger partial charge is 0.331 e. The molecule has 1 saturated heterocycles. The molecule has 1 N–H and O–H groups in total. The van der Waals surface area contributed by atoms with Crippen molar-refractivity contribution in [3.63, 3.8) is 0 Å². The molecule has 24 heavy (non-hydrogen) atoms. The van der Waals surface area contributed by atoms with Crippen LogP contribution in [0.4, 0.5) is 4.79 Å². The number of imide groups is 2. The number of hydrogen-bond acceptors (Lipinski definition) is 4. The van der Waals surface area contributed by atoms with E-state index in [1.807, 2.05) is 0 Å². The van der Waals surface area contributed by atoms with E-state index >= 15 is 0 Å². The molecule has 0 radical (unpaired) electrons. The molecule has 1 aliphatic heterocycles. The third-order valence-corrected chi connectivity index (χ3v) is 4.36. The molecule has 1 saturated carbocycles. The molecule has 0 spiro atoms. The third-order valence-electron chi connectivity index (χ3n) is 4.36. The van der Waals surface area contributed by atoms with Gasteiger partial charge >= 0.3 is 6.03 Å². The average molecular weight is 328 g/mol. The Morgan fingerprint density at radius 1 is 1.25 bits per heavy atom. The van der Waals surface area contributed by atoms with E-state index in [0.717, 1.165) is 32.1 Å². The monoisotopic (exact) mass is 328 g/mol. The molecule has 0 bridgehead atoms. The maximum atomic E-state index is 12.7. The Labute approximate surface area is 140 Å². The highest BCUT2D eigenvalue weighted by Crippen LogP contribution is 2.26. The molecule has 1 aromatic heterocycles. The number of amides is 4. The fourth-order valence-corrected chi connectivity index (χ4v) is 3.21. The predicted molar refractivity (Wildman–Crippen MR) is 87.7 cm³/mol. The zero-order chi connectivity index (χ0) is 17.1. The molecular formula is C18H20N2O4. The molecule has 3 rings (SSSR count). The van der Waals surface area contributed by atoms with Crippen molar-refractivity contribution in [1.82, 2.24) is 10.2 Å². The van der Waals surface area contributed by atoms with Gasteiger partial charge in [-0.25, -0.2) is 4.79 Å². The van der Waals surface area contributed by atoms with Crippen LogP contribution in [-0.2, 0) is 9.59 Å². The molecule has 2 heterocycles. The number of allylic oxidation sites excluding steroid dienone is 2. The molecule has 0 aromatic carbocycles. The van der Waals surface area contributed by atoms with Gasteiger partial charge in [0, 0.05) is 6.04 Å². The summed E-state index contributed by atoms with van der Waals surface area (Å²) >= 11 is 0. The van der Waals surface area contributed by atoms with Gasteiger partial charge in [-0.1, -0.05) is 19.3 Å². The molecule has 2 aliphatic rings. The van der Waals surface area contributed by atoms with Crippen molar-refractivity contribution in [2.75, 3.05) is 0 Å². The number of rotatable bonds is 3. The zero-order valence-electron chi connectivity index (χ0n) is 13.6. The van der Waals surface area contributed by atoms with E-state index in [9.17, 15) is 14.4 Å². The van der Waals surface area contributed by atoms with Gasteiger partial charge in [0.05, 0.1) is 6.26 Å². The minimum Gasteiger partial charge on any atom is -0.465 e. The lowest BCUT2D eigenvalue weighted by Crippen LogP contribution is -2.58. The van der Waals surface area contributed by atoms with Crippen molar-refractivity contribution in [2.24, 2.45) is 0 Å². The van der Waals surface area contributed by atoms with Crippen molar-refractivity contribution >= 4 is 23.9 Å². The van der Waals surface area contributed by atoms with Crippen LogP contribution >= 0.6 is 0 Å². The first-order chi connectivity index (χ1) is 11.6. The first kappa shape index (κ1) is 16.2. The van der Waals surface area contributed by atoms with Crippen LogP contribution in [-0.4, -0.2) is 28.8 Å². The topological polar surface area (TPSA) is 79.6 Å². The Balaban J connectivity index is 1.86. The van der Waals surface area contributed by atoms with E-state index in [-0.39, 0.29) is 11.6 Å². The molecule has 4 amide bonds. The van der Waals surface area contributed by atoms with Gasteiger partial charge in [-0.3, -0.25) is 19.8 Å². The Hall–Kier alpha value is -2.63. The first-order valence-electron chi connectivity index (χ1n) is 8.18. The number of carbonyl (C=O) groups is 3. The van der Waals surface area contributed by atoms with E-state index in [1.165, 1.54) is 11.0 Å². The molecule has 1 aromatic rings. The average Bonchev–Trinajstić information content (AvgIpc) is 3.05. The van der Waals surface area contributed by atoms with Crippen molar-refractivity contribution in [2.45, 2.75) is 45.1 Å². The molecule has 2 fully saturated rings. The summed E-state index contributed by atoms with van der Waals surface area (Å²) in [5.41, 5.74) is 0.682. The minimum absolute atomic E-state index is 0.0134. The Morgan fingerprint density at radius 3 is 2.67 bits per heavy atom. The fourth-order valence-electron chi connectivity index (χ4n) is 3.21. The van der Waals surface area contributed by atoms with E-state index in [4.69, 9.17) is 4.42 Å². The Bertz CT molecular complexity index is 709. The van der Waals surface area contributed by atoms with Crippen molar-refractivity contribution < 1.29 is 18.8 Å². The summed E-state index contributed by atoms with van der Waals surface area (Å²) in [4.78, 5) is 38.1. The standard InChI is InChI=1S/C18H20N2O4/c1-12(10-14-8-5-9-24-14)11-15-16(21)19-18(23)20(17(15)22)13-6-3-2-4-7-13/h5,8-11,13H,2-4,6-7H2,1H3,(H,19,21,23). The van der Waals surface area contributed by atoms with E-state index in [0.29, 0.717) is 11.3 Å². The highest BCUT2D eigenvalue weighted by atomic mass is 16.3. The molecule has 126 valence electrons. The van der Waals surface area contributed by atoms with Gasteiger partial charge in [-0.15, -0.1) is 0 Å². The Kier molecular flexibility index (Phi) is 4.64. The lowest BCUT2D eigenvalue weighted by Gasteiger charge is -2.35. The van der Waals surface area contributed by atoms with Crippen LogP contribution in [0.2, 0.25) is 0 Å². The number of carbonyl (C=O) groups excluding carboxylic acids is 3. The number of nitrogens with one attached hydrogen (secondary N) is 1. The lowest BCUT2D eigenvalue weighted by molar-refractivity contribution is -0.132. The van der Waals surface area contributed by atoms with Crippen molar-refractivity contribution in [3.8, 4) is 0 Å². The summed E-state index contributed by atoms with van der Waals surface area (Å²) in [6.45, 7) is 1.78. The van der Waals surface area contributed by atoms with E-state index in [2.05, 4.69) is 5.32 Å². The summed E-state index contributed by atoms with van der Waals surface area (Å²) in [6, 6.07) is 2.80. The van der Waals surface area contributed by atoms with Gasteiger partial charge in [0.2, 0.25) is 0 Å². The van der Waals surface area contributed by atoms with Gasteiger partial charge in [0.1, 0.15) is 11.3 Å². The fraction of sp³-hybridized carbons (Fsp3) is 0.389. The third kappa shape index (κ3) is 3.32. The lowest BCUT2D eigenvalue weighted by atomic mass is 9.93. The summed E-state index contributed by atoms with van der Waals surface area (Å²) in [5, 5.41) is 2.28.